The van der Waals surface area contributed by atoms with Gasteiger partial charge in [-0.3, -0.25) is 4.79 Å². The van der Waals surface area contributed by atoms with Gasteiger partial charge in [0, 0.05) is 17.3 Å². The van der Waals surface area contributed by atoms with Gasteiger partial charge in [-0.15, -0.1) is 0 Å². The summed E-state index contributed by atoms with van der Waals surface area (Å²) < 4.78 is 21.1. The summed E-state index contributed by atoms with van der Waals surface area (Å²) in [6, 6.07) is 8.67. The third kappa shape index (κ3) is 2.44. The molecule has 0 amide bonds. The maximum atomic E-state index is 12.4. The molecule has 6 nitrogen and oxygen atoms in total. The first-order valence-corrected chi connectivity index (χ1v) is 7.02. The Morgan fingerprint density at radius 3 is 2.35 bits per heavy atom. The minimum Gasteiger partial charge on any atom is -0.454 e. The predicted octanol–water partition coefficient (Wildman–Crippen LogP) is 2.62. The molecule has 2 N–H and O–H groups in total. The third-order valence-corrected chi connectivity index (χ3v) is 3.63. The molecule has 0 saturated carbocycles. The lowest BCUT2D eigenvalue weighted by atomic mass is 10.1. The van der Waals surface area contributed by atoms with E-state index in [1.54, 1.807) is 24.3 Å². The van der Waals surface area contributed by atoms with Crippen molar-refractivity contribution in [2.45, 2.75) is 0 Å². The van der Waals surface area contributed by atoms with Gasteiger partial charge in [-0.05, 0) is 29.8 Å². The van der Waals surface area contributed by atoms with Gasteiger partial charge in [-0.1, -0.05) is 12.1 Å². The molecule has 0 fully saturated rings. The van der Waals surface area contributed by atoms with Crippen molar-refractivity contribution in [3.05, 3.63) is 47.5 Å². The van der Waals surface area contributed by atoms with Crippen LogP contribution in [0.2, 0.25) is 0 Å². The maximum absolute atomic E-state index is 12.4. The van der Waals surface area contributed by atoms with Crippen LogP contribution in [0.5, 0.6) is 23.0 Å². The molecular formula is C17H13NO5. The van der Waals surface area contributed by atoms with Crippen LogP contribution in [0.15, 0.2) is 36.4 Å². The number of allylic oxidation sites excluding steroid dienone is 1. The molecule has 2 aliphatic heterocycles. The molecule has 6 heteroatoms. The van der Waals surface area contributed by atoms with E-state index in [4.69, 9.17) is 24.7 Å². The highest BCUT2D eigenvalue weighted by Gasteiger charge is 2.18. The number of rotatable bonds is 3. The Kier molecular flexibility index (Phi) is 3.08. The molecule has 116 valence electrons. The Morgan fingerprint density at radius 2 is 1.57 bits per heavy atom. The van der Waals surface area contributed by atoms with Gasteiger partial charge in [-0.25, -0.2) is 0 Å². The van der Waals surface area contributed by atoms with E-state index >= 15 is 0 Å². The number of fused-ring (bicyclic) bond motifs is 2. The van der Waals surface area contributed by atoms with Crippen molar-refractivity contribution in [2.75, 3.05) is 19.3 Å². The van der Waals surface area contributed by atoms with Crippen molar-refractivity contribution < 1.29 is 23.7 Å². The fraction of sp³-hybridized carbons (Fsp3) is 0.118. The van der Waals surface area contributed by atoms with Crippen molar-refractivity contribution in [2.24, 2.45) is 0 Å². The zero-order valence-corrected chi connectivity index (χ0v) is 12.1. The molecule has 0 bridgehead atoms. The van der Waals surface area contributed by atoms with Gasteiger partial charge < -0.3 is 24.7 Å². The number of ether oxygens (including phenoxy) is 4. The zero-order valence-electron chi connectivity index (χ0n) is 12.1. The number of hydrogen-bond acceptors (Lipinski definition) is 6. The summed E-state index contributed by atoms with van der Waals surface area (Å²) in [6.45, 7) is 0.356. The van der Waals surface area contributed by atoms with Crippen LogP contribution in [0.4, 0.5) is 5.69 Å². The molecule has 2 heterocycles. The van der Waals surface area contributed by atoms with E-state index in [9.17, 15) is 4.79 Å². The van der Waals surface area contributed by atoms with E-state index in [0.29, 0.717) is 34.2 Å². The van der Waals surface area contributed by atoms with Crippen molar-refractivity contribution >= 4 is 17.5 Å². The second kappa shape index (κ2) is 5.24. The topological polar surface area (TPSA) is 80.0 Å². The Bertz CT molecular complexity index is 828. The highest BCUT2D eigenvalue weighted by Crippen LogP contribution is 2.36. The number of ketones is 1. The standard InChI is InChI=1S/C17H13NO5/c18-12-7-17-16(22-9-23-17)6-11(12)13(19)3-1-10-2-4-14-15(5-10)21-8-20-14/h1-7H,8-9,18H2/b3-1+. The molecule has 2 aromatic rings. The Balaban J connectivity index is 1.58. The smallest absolute Gasteiger partial charge is 0.231 e. The summed E-state index contributed by atoms with van der Waals surface area (Å²) >= 11 is 0. The van der Waals surface area contributed by atoms with Gasteiger partial charge in [0.2, 0.25) is 13.6 Å². The lowest BCUT2D eigenvalue weighted by Gasteiger charge is -2.04. The molecule has 0 radical (unpaired) electrons. The van der Waals surface area contributed by atoms with Gasteiger partial charge in [0.1, 0.15) is 0 Å². The molecule has 4 rings (SSSR count). The van der Waals surface area contributed by atoms with Gasteiger partial charge in [0.15, 0.2) is 28.8 Å². The van der Waals surface area contributed by atoms with E-state index in [1.807, 2.05) is 12.1 Å². The number of benzene rings is 2. The van der Waals surface area contributed by atoms with E-state index in [-0.39, 0.29) is 19.4 Å². The van der Waals surface area contributed by atoms with Crippen LogP contribution in [0.3, 0.4) is 0 Å². The number of nitrogen functional groups attached to an aromatic ring is 1. The van der Waals surface area contributed by atoms with E-state index in [1.165, 1.54) is 6.08 Å². The predicted molar refractivity (Wildman–Crippen MR) is 82.9 cm³/mol. The highest BCUT2D eigenvalue weighted by atomic mass is 16.7. The minimum atomic E-state index is -0.210. The van der Waals surface area contributed by atoms with E-state index in [0.717, 1.165) is 5.56 Å². The molecule has 0 saturated heterocycles. The average Bonchev–Trinajstić information content (AvgIpc) is 3.19. The molecule has 2 aromatic carbocycles. The summed E-state index contributed by atoms with van der Waals surface area (Å²) in [7, 11) is 0. The summed E-state index contributed by atoms with van der Waals surface area (Å²) in [5, 5.41) is 0. The summed E-state index contributed by atoms with van der Waals surface area (Å²) in [5.74, 6) is 2.24. The number of nitrogens with two attached hydrogens (primary N) is 1. The third-order valence-electron chi connectivity index (χ3n) is 3.63. The number of anilines is 1. The molecule has 2 aliphatic rings. The molecule has 0 unspecified atom stereocenters. The zero-order chi connectivity index (χ0) is 15.8. The van der Waals surface area contributed by atoms with Crippen molar-refractivity contribution in [3.8, 4) is 23.0 Å². The second-order valence-electron chi connectivity index (χ2n) is 5.10. The molecule has 0 atom stereocenters. The molecule has 0 aromatic heterocycles. The minimum absolute atomic E-state index is 0.138. The number of carbonyl (C=O) groups excluding carboxylic acids is 1. The van der Waals surface area contributed by atoms with Crippen molar-refractivity contribution in [1.82, 2.24) is 0 Å². The normalized spacial score (nSPS) is 14.4. The van der Waals surface area contributed by atoms with Crippen molar-refractivity contribution in [3.63, 3.8) is 0 Å². The van der Waals surface area contributed by atoms with Crippen LogP contribution in [0.1, 0.15) is 15.9 Å². The summed E-state index contributed by atoms with van der Waals surface area (Å²) in [4.78, 5) is 12.4. The largest absolute Gasteiger partial charge is 0.454 e. The van der Waals surface area contributed by atoms with Crippen LogP contribution in [-0.2, 0) is 0 Å². The second-order valence-corrected chi connectivity index (χ2v) is 5.10. The van der Waals surface area contributed by atoms with Crippen LogP contribution in [0.25, 0.3) is 6.08 Å². The van der Waals surface area contributed by atoms with Gasteiger partial charge in [-0.2, -0.15) is 0 Å². The fourth-order valence-electron chi connectivity index (χ4n) is 2.45. The summed E-state index contributed by atoms with van der Waals surface area (Å²) in [6.07, 6.45) is 3.17. The summed E-state index contributed by atoms with van der Waals surface area (Å²) in [5.41, 5.74) is 7.48. The monoisotopic (exact) mass is 311 g/mol. The highest BCUT2D eigenvalue weighted by molar-refractivity contribution is 6.10. The first-order valence-electron chi connectivity index (χ1n) is 7.02. The molecular weight excluding hydrogens is 298 g/mol. The van der Waals surface area contributed by atoms with Crippen LogP contribution in [-0.4, -0.2) is 19.4 Å². The number of carbonyl (C=O) groups is 1. The Morgan fingerprint density at radius 1 is 0.913 bits per heavy atom. The molecule has 0 aliphatic carbocycles. The fourth-order valence-corrected chi connectivity index (χ4v) is 2.45. The number of hydrogen-bond donors (Lipinski definition) is 1. The Hall–Kier alpha value is -3.15. The molecule has 0 spiro atoms. The lowest BCUT2D eigenvalue weighted by molar-refractivity contribution is 0.104. The van der Waals surface area contributed by atoms with Crippen LogP contribution < -0.4 is 24.7 Å². The van der Waals surface area contributed by atoms with Crippen LogP contribution >= 0.6 is 0 Å². The van der Waals surface area contributed by atoms with E-state index < -0.39 is 0 Å². The van der Waals surface area contributed by atoms with Gasteiger partial charge in [0.25, 0.3) is 0 Å². The average molecular weight is 311 g/mol. The van der Waals surface area contributed by atoms with E-state index in [2.05, 4.69) is 0 Å². The maximum Gasteiger partial charge on any atom is 0.231 e. The van der Waals surface area contributed by atoms with Crippen molar-refractivity contribution in [1.29, 1.82) is 0 Å². The van der Waals surface area contributed by atoms with Crippen LogP contribution in [0, 0.1) is 0 Å². The van der Waals surface area contributed by atoms with Gasteiger partial charge >= 0.3 is 0 Å². The Labute approximate surface area is 132 Å². The first-order chi connectivity index (χ1) is 11.2. The molecule has 23 heavy (non-hydrogen) atoms. The SMILES string of the molecule is Nc1cc2c(cc1C(=O)/C=C/c1ccc3c(c1)OCO3)OCO2. The first kappa shape index (κ1) is 13.5. The quantitative estimate of drug-likeness (QED) is 0.533. The lowest BCUT2D eigenvalue weighted by Crippen LogP contribution is -2.00. The van der Waals surface area contributed by atoms with Gasteiger partial charge in [0.05, 0.1) is 0 Å².